The molecule has 86 valence electrons. The van der Waals surface area contributed by atoms with Crippen LogP contribution in [0.4, 0.5) is 0 Å². The molecule has 1 heterocycles. The third-order valence-electron chi connectivity index (χ3n) is 2.97. The third kappa shape index (κ3) is 2.92. The monoisotopic (exact) mass is 213 g/mol. The summed E-state index contributed by atoms with van der Waals surface area (Å²) in [4.78, 5) is 24.3. The first-order valence-electron chi connectivity index (χ1n) is 5.40. The zero-order valence-corrected chi connectivity index (χ0v) is 9.11. The Morgan fingerprint density at radius 1 is 1.40 bits per heavy atom. The van der Waals surface area contributed by atoms with Gasteiger partial charge in [0, 0.05) is 19.0 Å². The summed E-state index contributed by atoms with van der Waals surface area (Å²) in [6.07, 6.45) is 1.98. The molecule has 0 aromatic heterocycles. The Kier molecular flexibility index (Phi) is 4.08. The summed E-state index contributed by atoms with van der Waals surface area (Å²) >= 11 is 0. The molecule has 15 heavy (non-hydrogen) atoms. The Morgan fingerprint density at radius 3 is 2.33 bits per heavy atom. The SMILES string of the molecule is CC[C@@H](N)C(=O)N1CCC(C(N)=O)CC1. The van der Waals surface area contributed by atoms with Gasteiger partial charge < -0.3 is 16.4 Å². The molecule has 0 bridgehead atoms. The van der Waals surface area contributed by atoms with Crippen LogP contribution in [-0.2, 0) is 9.59 Å². The lowest BCUT2D eigenvalue weighted by Gasteiger charge is -2.32. The van der Waals surface area contributed by atoms with Gasteiger partial charge in [0.2, 0.25) is 11.8 Å². The highest BCUT2D eigenvalue weighted by atomic mass is 16.2. The highest BCUT2D eigenvalue weighted by Gasteiger charge is 2.27. The minimum absolute atomic E-state index is 0.0135. The lowest BCUT2D eigenvalue weighted by Crippen LogP contribution is -2.48. The predicted octanol–water partition coefficient (Wildman–Crippen LogP) is -0.552. The van der Waals surface area contributed by atoms with Crippen LogP contribution in [0.2, 0.25) is 0 Å². The van der Waals surface area contributed by atoms with Crippen LogP contribution in [0.1, 0.15) is 26.2 Å². The van der Waals surface area contributed by atoms with Gasteiger partial charge >= 0.3 is 0 Å². The quantitative estimate of drug-likeness (QED) is 0.659. The van der Waals surface area contributed by atoms with Gasteiger partial charge in [-0.15, -0.1) is 0 Å². The second-order valence-electron chi connectivity index (χ2n) is 4.02. The summed E-state index contributed by atoms with van der Waals surface area (Å²) in [7, 11) is 0. The third-order valence-corrected chi connectivity index (χ3v) is 2.97. The fraction of sp³-hybridized carbons (Fsp3) is 0.800. The average Bonchev–Trinajstić information content (AvgIpc) is 2.27. The van der Waals surface area contributed by atoms with Crippen molar-refractivity contribution < 1.29 is 9.59 Å². The van der Waals surface area contributed by atoms with Crippen molar-refractivity contribution in [3.63, 3.8) is 0 Å². The normalized spacial score (nSPS) is 20.0. The minimum Gasteiger partial charge on any atom is -0.369 e. The zero-order chi connectivity index (χ0) is 11.4. The van der Waals surface area contributed by atoms with Gasteiger partial charge in [-0.25, -0.2) is 0 Å². The van der Waals surface area contributed by atoms with E-state index < -0.39 is 6.04 Å². The van der Waals surface area contributed by atoms with Gasteiger partial charge in [-0.2, -0.15) is 0 Å². The number of carbonyl (C=O) groups excluding carboxylic acids is 2. The van der Waals surface area contributed by atoms with Crippen molar-refractivity contribution >= 4 is 11.8 Å². The van der Waals surface area contributed by atoms with Crippen LogP contribution < -0.4 is 11.5 Å². The minimum atomic E-state index is -0.407. The lowest BCUT2D eigenvalue weighted by atomic mass is 9.96. The maximum absolute atomic E-state index is 11.7. The van der Waals surface area contributed by atoms with Crippen LogP contribution in [0.5, 0.6) is 0 Å². The fourth-order valence-corrected chi connectivity index (χ4v) is 1.79. The number of hydrogen-bond donors (Lipinski definition) is 2. The number of amides is 2. The molecule has 5 heteroatoms. The molecule has 1 saturated heterocycles. The molecule has 0 aromatic carbocycles. The first-order chi connectivity index (χ1) is 7.06. The molecule has 1 fully saturated rings. The first-order valence-corrected chi connectivity index (χ1v) is 5.40. The number of rotatable bonds is 3. The van der Waals surface area contributed by atoms with E-state index in [9.17, 15) is 9.59 Å². The van der Waals surface area contributed by atoms with Crippen molar-refractivity contribution in [1.82, 2.24) is 4.90 Å². The Morgan fingerprint density at radius 2 is 1.93 bits per heavy atom. The Labute approximate surface area is 89.8 Å². The lowest BCUT2D eigenvalue weighted by molar-refractivity contribution is -0.136. The summed E-state index contributed by atoms with van der Waals surface area (Å²) in [6.45, 7) is 3.08. The highest BCUT2D eigenvalue weighted by Crippen LogP contribution is 2.17. The van der Waals surface area contributed by atoms with Crippen LogP contribution in [0.3, 0.4) is 0 Å². The Bertz CT molecular complexity index is 247. The van der Waals surface area contributed by atoms with Crippen molar-refractivity contribution in [3.05, 3.63) is 0 Å². The van der Waals surface area contributed by atoms with Gasteiger partial charge in [0.05, 0.1) is 6.04 Å². The van der Waals surface area contributed by atoms with Crippen molar-refractivity contribution in [3.8, 4) is 0 Å². The van der Waals surface area contributed by atoms with E-state index in [4.69, 9.17) is 11.5 Å². The Balaban J connectivity index is 2.43. The first kappa shape index (κ1) is 12.0. The zero-order valence-electron chi connectivity index (χ0n) is 9.11. The van der Waals surface area contributed by atoms with Crippen LogP contribution in [-0.4, -0.2) is 35.8 Å². The van der Waals surface area contributed by atoms with E-state index in [1.165, 1.54) is 0 Å². The molecular formula is C10H19N3O2. The van der Waals surface area contributed by atoms with E-state index in [-0.39, 0.29) is 17.7 Å². The van der Waals surface area contributed by atoms with Gasteiger partial charge in [-0.05, 0) is 19.3 Å². The van der Waals surface area contributed by atoms with Crippen molar-refractivity contribution in [2.24, 2.45) is 17.4 Å². The van der Waals surface area contributed by atoms with Crippen molar-refractivity contribution in [2.45, 2.75) is 32.2 Å². The molecule has 0 unspecified atom stereocenters. The molecule has 0 radical (unpaired) electrons. The second-order valence-corrected chi connectivity index (χ2v) is 4.02. The van der Waals surface area contributed by atoms with Gasteiger partial charge in [0.25, 0.3) is 0 Å². The number of hydrogen-bond acceptors (Lipinski definition) is 3. The molecular weight excluding hydrogens is 194 g/mol. The molecule has 1 aliphatic heterocycles. The maximum Gasteiger partial charge on any atom is 0.239 e. The van der Waals surface area contributed by atoms with E-state index in [0.29, 0.717) is 32.4 Å². The van der Waals surface area contributed by atoms with Crippen molar-refractivity contribution in [2.75, 3.05) is 13.1 Å². The molecule has 4 N–H and O–H groups in total. The molecule has 1 atom stereocenters. The van der Waals surface area contributed by atoms with Gasteiger partial charge in [0.15, 0.2) is 0 Å². The van der Waals surface area contributed by atoms with E-state index in [1.54, 1.807) is 4.90 Å². The number of likely N-dealkylation sites (tertiary alicyclic amines) is 1. The number of nitrogens with two attached hydrogens (primary N) is 2. The smallest absolute Gasteiger partial charge is 0.239 e. The fourth-order valence-electron chi connectivity index (χ4n) is 1.79. The van der Waals surface area contributed by atoms with Crippen molar-refractivity contribution in [1.29, 1.82) is 0 Å². The summed E-state index contributed by atoms with van der Waals surface area (Å²) < 4.78 is 0. The van der Waals surface area contributed by atoms with E-state index in [2.05, 4.69) is 0 Å². The topological polar surface area (TPSA) is 89.4 Å². The van der Waals surface area contributed by atoms with Gasteiger partial charge in [-0.3, -0.25) is 9.59 Å². The van der Waals surface area contributed by atoms with E-state index in [0.717, 1.165) is 0 Å². The number of nitrogens with zero attached hydrogens (tertiary/aromatic N) is 1. The summed E-state index contributed by atoms with van der Waals surface area (Å²) in [5.74, 6) is -0.353. The van der Waals surface area contributed by atoms with E-state index in [1.807, 2.05) is 6.92 Å². The average molecular weight is 213 g/mol. The van der Waals surface area contributed by atoms with Gasteiger partial charge in [-0.1, -0.05) is 6.92 Å². The predicted molar refractivity (Wildman–Crippen MR) is 56.8 cm³/mol. The van der Waals surface area contributed by atoms with Crippen LogP contribution in [0.25, 0.3) is 0 Å². The molecule has 0 spiro atoms. The van der Waals surface area contributed by atoms with Gasteiger partial charge in [0.1, 0.15) is 0 Å². The van der Waals surface area contributed by atoms with Crippen LogP contribution in [0.15, 0.2) is 0 Å². The Hall–Kier alpha value is -1.10. The molecule has 0 aliphatic carbocycles. The standard InChI is InChI=1S/C10H19N3O2/c1-2-8(11)10(15)13-5-3-7(4-6-13)9(12)14/h7-8H,2-6,11H2,1H3,(H2,12,14)/t8-/m1/s1. The number of primary amides is 1. The number of piperidine rings is 1. The molecule has 1 rings (SSSR count). The summed E-state index contributed by atoms with van der Waals surface area (Å²) in [5, 5.41) is 0. The summed E-state index contributed by atoms with van der Waals surface area (Å²) in [5.41, 5.74) is 10.9. The largest absolute Gasteiger partial charge is 0.369 e. The van der Waals surface area contributed by atoms with Crippen LogP contribution in [0, 0.1) is 5.92 Å². The van der Waals surface area contributed by atoms with Crippen LogP contribution >= 0.6 is 0 Å². The second kappa shape index (κ2) is 5.11. The maximum atomic E-state index is 11.7. The number of carbonyl (C=O) groups is 2. The van der Waals surface area contributed by atoms with E-state index >= 15 is 0 Å². The molecule has 2 amide bonds. The molecule has 5 nitrogen and oxygen atoms in total. The molecule has 0 aromatic rings. The highest BCUT2D eigenvalue weighted by molar-refractivity contribution is 5.82. The molecule has 1 aliphatic rings. The molecule has 0 saturated carbocycles. The summed E-state index contributed by atoms with van der Waals surface area (Å²) in [6, 6.07) is -0.407.